The molecule has 23 heavy (non-hydrogen) atoms. The normalized spacial score (nSPS) is 49.0. The van der Waals surface area contributed by atoms with Gasteiger partial charge in [0.25, 0.3) is 0 Å². The molecule has 126 valence electrons. The first-order valence-corrected chi connectivity index (χ1v) is 9.33. The summed E-state index contributed by atoms with van der Waals surface area (Å²) in [5.41, 5.74) is 1.33. The summed E-state index contributed by atoms with van der Waals surface area (Å²) in [5.74, 6) is 0.610. The van der Waals surface area contributed by atoms with Crippen LogP contribution in [0.4, 0.5) is 0 Å². The number of carboxylic acids is 1. The molecule has 1 N–H and O–H groups in total. The number of allylic oxidation sites excluding steroid dienone is 1. The van der Waals surface area contributed by atoms with Crippen LogP contribution < -0.4 is 0 Å². The van der Waals surface area contributed by atoms with E-state index in [1.54, 1.807) is 6.08 Å². The number of hydrogen-bond acceptors (Lipinski definition) is 2. The molecule has 0 heterocycles. The lowest BCUT2D eigenvalue weighted by Crippen LogP contribution is -2.54. The Kier molecular flexibility index (Phi) is 3.31. The van der Waals surface area contributed by atoms with Gasteiger partial charge in [-0.05, 0) is 67.8 Å². The fraction of sp³-hybridized carbons (Fsp3) is 0.800. The third kappa shape index (κ3) is 2.01. The maximum atomic E-state index is 12.0. The Labute approximate surface area is 138 Å². The van der Waals surface area contributed by atoms with Gasteiger partial charge in [-0.3, -0.25) is 9.59 Å². The molecule has 4 rings (SSSR count). The Morgan fingerprint density at radius 3 is 2.70 bits per heavy atom. The van der Waals surface area contributed by atoms with E-state index in [0.29, 0.717) is 17.3 Å². The minimum absolute atomic E-state index is 0.0184. The number of carbonyl (C=O) groups is 2. The van der Waals surface area contributed by atoms with Gasteiger partial charge in [0.1, 0.15) is 0 Å². The van der Waals surface area contributed by atoms with Crippen LogP contribution in [0.15, 0.2) is 11.6 Å². The third-order valence-electron chi connectivity index (χ3n) is 8.19. The molecule has 0 aromatic heterocycles. The summed E-state index contributed by atoms with van der Waals surface area (Å²) in [7, 11) is 0. The van der Waals surface area contributed by atoms with Crippen molar-refractivity contribution < 1.29 is 14.7 Å². The van der Waals surface area contributed by atoms with Crippen molar-refractivity contribution in [2.75, 3.05) is 0 Å². The molecule has 0 aromatic rings. The van der Waals surface area contributed by atoms with Crippen molar-refractivity contribution in [1.82, 2.24) is 0 Å². The molecule has 0 amide bonds. The van der Waals surface area contributed by atoms with E-state index in [1.807, 2.05) is 0 Å². The van der Waals surface area contributed by atoms with E-state index in [9.17, 15) is 14.7 Å². The van der Waals surface area contributed by atoms with Crippen LogP contribution in [0.1, 0.15) is 65.2 Å². The summed E-state index contributed by atoms with van der Waals surface area (Å²) in [6.07, 6.45) is 10.5. The lowest BCUT2D eigenvalue weighted by molar-refractivity contribution is -0.154. The van der Waals surface area contributed by atoms with Gasteiger partial charge in [0.05, 0.1) is 5.92 Å². The van der Waals surface area contributed by atoms with Gasteiger partial charge in [-0.25, -0.2) is 0 Å². The minimum atomic E-state index is -0.771. The second-order valence-corrected chi connectivity index (χ2v) is 9.01. The number of ketones is 1. The van der Waals surface area contributed by atoms with Crippen LogP contribution in [-0.2, 0) is 9.59 Å². The predicted molar refractivity (Wildman–Crippen MR) is 87.8 cm³/mol. The second-order valence-electron chi connectivity index (χ2n) is 9.01. The Morgan fingerprint density at radius 1 is 1.17 bits per heavy atom. The van der Waals surface area contributed by atoms with Crippen molar-refractivity contribution in [3.05, 3.63) is 11.6 Å². The lowest BCUT2D eigenvalue weighted by atomic mass is 9.45. The summed E-state index contributed by atoms with van der Waals surface area (Å²) in [4.78, 5) is 24.0. The fourth-order valence-electron chi connectivity index (χ4n) is 6.98. The van der Waals surface area contributed by atoms with E-state index in [-0.39, 0.29) is 17.6 Å². The van der Waals surface area contributed by atoms with E-state index >= 15 is 0 Å². The van der Waals surface area contributed by atoms with E-state index < -0.39 is 11.9 Å². The van der Waals surface area contributed by atoms with Crippen LogP contribution in [0, 0.1) is 34.5 Å². The van der Waals surface area contributed by atoms with Crippen molar-refractivity contribution >= 4 is 11.8 Å². The predicted octanol–water partition coefficient (Wildman–Crippen LogP) is 4.22. The quantitative estimate of drug-likeness (QED) is 0.788. The molecule has 3 heteroatoms. The average molecular weight is 316 g/mol. The van der Waals surface area contributed by atoms with E-state index in [0.717, 1.165) is 30.8 Å². The van der Waals surface area contributed by atoms with Gasteiger partial charge in [-0.1, -0.05) is 25.8 Å². The Hall–Kier alpha value is -1.12. The molecule has 0 bridgehead atoms. The fourth-order valence-corrected chi connectivity index (χ4v) is 6.98. The molecule has 0 saturated heterocycles. The van der Waals surface area contributed by atoms with Gasteiger partial charge in [-0.15, -0.1) is 0 Å². The molecule has 0 aliphatic heterocycles. The van der Waals surface area contributed by atoms with E-state index in [4.69, 9.17) is 0 Å². The van der Waals surface area contributed by atoms with E-state index in [1.165, 1.54) is 25.7 Å². The third-order valence-corrected chi connectivity index (χ3v) is 8.19. The first-order chi connectivity index (χ1) is 10.9. The Balaban J connectivity index is 1.76. The molecule has 4 aliphatic carbocycles. The van der Waals surface area contributed by atoms with Crippen molar-refractivity contribution in [1.29, 1.82) is 0 Å². The Morgan fingerprint density at radius 2 is 1.96 bits per heavy atom. The molecule has 3 saturated carbocycles. The molecule has 0 spiro atoms. The molecule has 1 unspecified atom stereocenters. The summed E-state index contributed by atoms with van der Waals surface area (Å²) in [5, 5.41) is 9.81. The molecule has 4 aliphatic rings. The number of fused-ring (bicyclic) bond motifs is 5. The highest BCUT2D eigenvalue weighted by atomic mass is 16.4. The summed E-state index contributed by atoms with van der Waals surface area (Å²) in [6, 6.07) is 0. The SMILES string of the molecule is C[C@@]12CCC[C@H]1[C@@H]1CCC3=CC(=O)CC(C(=O)O)[C@]3(C)[C@@H]1CC2. The van der Waals surface area contributed by atoms with Gasteiger partial charge in [0, 0.05) is 11.8 Å². The lowest BCUT2D eigenvalue weighted by Gasteiger charge is -2.58. The Bertz CT molecular complexity index is 592. The number of hydrogen-bond donors (Lipinski definition) is 1. The molecule has 6 atom stereocenters. The number of rotatable bonds is 1. The molecular formula is C20H28O3. The largest absolute Gasteiger partial charge is 0.481 e. The van der Waals surface area contributed by atoms with Crippen LogP contribution in [0.25, 0.3) is 0 Å². The molecular weight excluding hydrogens is 288 g/mol. The van der Waals surface area contributed by atoms with Crippen LogP contribution in [0.2, 0.25) is 0 Å². The number of carboxylic acid groups (broad SMARTS) is 1. The molecule has 0 radical (unpaired) electrons. The van der Waals surface area contributed by atoms with Crippen LogP contribution in [-0.4, -0.2) is 16.9 Å². The maximum Gasteiger partial charge on any atom is 0.307 e. The molecule has 3 nitrogen and oxygen atoms in total. The average Bonchev–Trinajstić information content (AvgIpc) is 2.88. The first kappa shape index (κ1) is 15.4. The first-order valence-electron chi connectivity index (χ1n) is 9.33. The zero-order chi connectivity index (χ0) is 16.4. The van der Waals surface area contributed by atoms with Crippen molar-refractivity contribution in [3.63, 3.8) is 0 Å². The van der Waals surface area contributed by atoms with Crippen LogP contribution >= 0.6 is 0 Å². The van der Waals surface area contributed by atoms with Gasteiger partial charge in [0.15, 0.2) is 5.78 Å². The summed E-state index contributed by atoms with van der Waals surface area (Å²) in [6.45, 7) is 4.63. The summed E-state index contributed by atoms with van der Waals surface area (Å²) < 4.78 is 0. The second kappa shape index (κ2) is 4.94. The molecule has 0 aromatic carbocycles. The van der Waals surface area contributed by atoms with Crippen molar-refractivity contribution in [3.8, 4) is 0 Å². The number of carbonyl (C=O) groups excluding carboxylic acids is 1. The number of aliphatic carboxylic acids is 1. The maximum absolute atomic E-state index is 12.0. The minimum Gasteiger partial charge on any atom is -0.481 e. The van der Waals surface area contributed by atoms with Crippen LogP contribution in [0.3, 0.4) is 0 Å². The highest BCUT2D eigenvalue weighted by Gasteiger charge is 2.60. The van der Waals surface area contributed by atoms with Crippen LogP contribution in [0.5, 0.6) is 0 Å². The van der Waals surface area contributed by atoms with Gasteiger partial charge in [0.2, 0.25) is 0 Å². The molecule has 3 fully saturated rings. The monoisotopic (exact) mass is 316 g/mol. The highest BCUT2D eigenvalue weighted by molar-refractivity contribution is 5.95. The smallest absolute Gasteiger partial charge is 0.307 e. The zero-order valence-electron chi connectivity index (χ0n) is 14.3. The van der Waals surface area contributed by atoms with Gasteiger partial charge < -0.3 is 5.11 Å². The van der Waals surface area contributed by atoms with Gasteiger partial charge in [-0.2, -0.15) is 0 Å². The topological polar surface area (TPSA) is 54.4 Å². The van der Waals surface area contributed by atoms with Gasteiger partial charge >= 0.3 is 5.97 Å². The highest BCUT2D eigenvalue weighted by Crippen LogP contribution is 2.66. The van der Waals surface area contributed by atoms with Crippen molar-refractivity contribution in [2.24, 2.45) is 34.5 Å². The van der Waals surface area contributed by atoms with Crippen molar-refractivity contribution in [2.45, 2.75) is 65.2 Å². The van der Waals surface area contributed by atoms with E-state index in [2.05, 4.69) is 13.8 Å². The zero-order valence-corrected chi connectivity index (χ0v) is 14.3. The summed E-state index contributed by atoms with van der Waals surface area (Å²) >= 11 is 0. The standard InChI is InChI=1S/C20H28O3/c1-19-8-3-4-15(19)14-6-5-12-10-13(21)11-17(18(22)23)20(12,2)16(14)7-9-19/h10,14-17H,3-9,11H2,1-2H3,(H,22,23)/t14-,15-,16+,17?,19-,20-/m0/s1.